The number of ketones is 1. The number of hydrogen-bond acceptors (Lipinski definition) is 3. The summed E-state index contributed by atoms with van der Waals surface area (Å²) in [4.78, 5) is 19.4. The van der Waals surface area contributed by atoms with Crippen molar-refractivity contribution >= 4 is 12.0 Å². The minimum Gasteiger partial charge on any atom is -0.309 e. The third-order valence-electron chi connectivity index (χ3n) is 9.02. The van der Waals surface area contributed by atoms with Gasteiger partial charge in [-0.05, 0) is 107 Å². The molecule has 0 saturated heterocycles. The fourth-order valence-electron chi connectivity index (χ4n) is 7.21. The summed E-state index contributed by atoms with van der Waals surface area (Å²) in [7, 11) is 4.23. The molecule has 4 aliphatic rings. The summed E-state index contributed by atoms with van der Waals surface area (Å²) in [6.45, 7) is 6.85. The van der Waals surface area contributed by atoms with Crippen LogP contribution >= 0.6 is 0 Å². The van der Waals surface area contributed by atoms with Gasteiger partial charge in [-0.2, -0.15) is 0 Å². The van der Waals surface area contributed by atoms with Gasteiger partial charge in [0.25, 0.3) is 0 Å². The van der Waals surface area contributed by atoms with Gasteiger partial charge in [-0.1, -0.05) is 25.5 Å². The lowest BCUT2D eigenvalue weighted by Gasteiger charge is -2.57. The molecule has 3 unspecified atom stereocenters. The molecular weight excluding hydrogens is 356 g/mol. The monoisotopic (exact) mass is 396 g/mol. The molecule has 0 aromatic rings. The summed E-state index contributed by atoms with van der Waals surface area (Å²) in [6, 6.07) is 0. The second kappa shape index (κ2) is 8.13. The maximum Gasteiger partial charge on any atom is 0.139 e. The Bertz CT molecular complexity index is 733. The van der Waals surface area contributed by atoms with E-state index in [0.717, 1.165) is 50.6 Å². The molecule has 0 radical (unpaired) electrons. The first-order chi connectivity index (χ1) is 13.8. The minimum atomic E-state index is 0.00151. The fourth-order valence-corrected chi connectivity index (χ4v) is 7.21. The molecule has 3 fully saturated rings. The van der Waals surface area contributed by atoms with Crippen LogP contribution in [-0.2, 0) is 4.79 Å². The van der Waals surface area contributed by atoms with Gasteiger partial charge in [-0.25, -0.2) is 0 Å². The molecular formula is C26H40N2O. The standard InChI is InChI=1S/C26H40N2O/c1-25-13-10-19(12-16-27-15-5-17-28(3)4)18-20(25)6-7-21-22-8-9-24(29)26(22,2)14-11-23(21)25/h12,16,18,21-23H,5-11,13-15,17H2,1-4H3/b19-12+,27-16+/t21?,22?,23?,25-,26-/m0/s1. The zero-order valence-electron chi connectivity index (χ0n) is 19.0. The zero-order chi connectivity index (χ0) is 20.6. The molecule has 3 heteroatoms. The highest BCUT2D eigenvalue weighted by atomic mass is 16.1. The lowest BCUT2D eigenvalue weighted by Crippen LogP contribution is -2.50. The number of nitrogens with zero attached hydrogens (tertiary/aromatic N) is 2. The van der Waals surface area contributed by atoms with Crippen molar-refractivity contribution in [2.75, 3.05) is 27.2 Å². The highest BCUT2D eigenvalue weighted by Gasteiger charge is 2.58. The van der Waals surface area contributed by atoms with E-state index in [-0.39, 0.29) is 5.41 Å². The smallest absolute Gasteiger partial charge is 0.139 e. The molecule has 3 saturated carbocycles. The van der Waals surface area contributed by atoms with Crippen molar-refractivity contribution in [3.63, 3.8) is 0 Å². The summed E-state index contributed by atoms with van der Waals surface area (Å²) >= 11 is 0. The second-order valence-electron chi connectivity index (χ2n) is 10.9. The Kier molecular flexibility index (Phi) is 5.90. The third-order valence-corrected chi connectivity index (χ3v) is 9.02. The Morgan fingerprint density at radius 3 is 2.66 bits per heavy atom. The average Bonchev–Trinajstić information content (AvgIpc) is 2.99. The summed E-state index contributed by atoms with van der Waals surface area (Å²) in [6.07, 6.45) is 17.3. The maximum atomic E-state index is 12.6. The number of aliphatic imine (C=N–C) groups is 1. The van der Waals surface area contributed by atoms with Crippen LogP contribution in [0.2, 0.25) is 0 Å². The Morgan fingerprint density at radius 2 is 1.86 bits per heavy atom. The van der Waals surface area contributed by atoms with Gasteiger partial charge in [-0.15, -0.1) is 0 Å². The van der Waals surface area contributed by atoms with E-state index in [1.807, 2.05) is 6.21 Å². The Hall–Kier alpha value is -1.22. The summed E-state index contributed by atoms with van der Waals surface area (Å²) in [5.74, 6) is 2.77. The Morgan fingerprint density at radius 1 is 1.07 bits per heavy atom. The van der Waals surface area contributed by atoms with Crippen LogP contribution in [0.4, 0.5) is 0 Å². The molecule has 0 bridgehead atoms. The van der Waals surface area contributed by atoms with Gasteiger partial charge in [0, 0.05) is 24.6 Å². The number of allylic oxidation sites excluding steroid dienone is 4. The molecule has 0 aromatic heterocycles. The van der Waals surface area contributed by atoms with Crippen LogP contribution < -0.4 is 0 Å². The topological polar surface area (TPSA) is 32.7 Å². The molecule has 3 nitrogen and oxygen atoms in total. The summed E-state index contributed by atoms with van der Waals surface area (Å²) in [5.41, 5.74) is 3.51. The van der Waals surface area contributed by atoms with Gasteiger partial charge in [0.2, 0.25) is 0 Å². The zero-order valence-corrected chi connectivity index (χ0v) is 19.0. The highest BCUT2D eigenvalue weighted by molar-refractivity contribution is 5.87. The quantitative estimate of drug-likeness (QED) is 0.456. The molecule has 0 heterocycles. The SMILES string of the molecule is CN(C)CCC/N=C/C=C1/C=C2CCC3C(CC[C@]4(C)C(=O)CCC34)[C@@]2(C)CC1. The molecule has 29 heavy (non-hydrogen) atoms. The van der Waals surface area contributed by atoms with Crippen LogP contribution in [0.25, 0.3) is 0 Å². The van der Waals surface area contributed by atoms with Gasteiger partial charge < -0.3 is 4.90 Å². The number of Topliss-reactive ketones (excluding diaryl/α,β-unsaturated/α-hetero) is 1. The summed E-state index contributed by atoms with van der Waals surface area (Å²) in [5, 5.41) is 0. The molecule has 0 aliphatic heterocycles. The minimum absolute atomic E-state index is 0.00151. The number of carbonyl (C=O) groups excluding carboxylic acids is 1. The largest absolute Gasteiger partial charge is 0.309 e. The van der Waals surface area contributed by atoms with E-state index >= 15 is 0 Å². The van der Waals surface area contributed by atoms with Gasteiger partial charge in [0.05, 0.1) is 0 Å². The first-order valence-electron chi connectivity index (χ1n) is 11.9. The Balaban J connectivity index is 1.44. The lowest BCUT2D eigenvalue weighted by atomic mass is 9.47. The lowest BCUT2D eigenvalue weighted by molar-refractivity contribution is -0.132. The first-order valence-corrected chi connectivity index (χ1v) is 11.9. The number of rotatable bonds is 5. The van der Waals surface area contributed by atoms with Crippen molar-refractivity contribution in [2.24, 2.45) is 33.6 Å². The molecule has 0 aromatic carbocycles. The van der Waals surface area contributed by atoms with E-state index in [1.165, 1.54) is 37.7 Å². The summed E-state index contributed by atoms with van der Waals surface area (Å²) < 4.78 is 0. The molecule has 5 atom stereocenters. The predicted octanol–water partition coefficient (Wildman–Crippen LogP) is 5.47. The Labute approximate surface area is 177 Å². The van der Waals surface area contributed by atoms with Crippen molar-refractivity contribution < 1.29 is 4.79 Å². The predicted molar refractivity (Wildman–Crippen MR) is 121 cm³/mol. The molecule has 0 N–H and O–H groups in total. The molecule has 4 aliphatic carbocycles. The van der Waals surface area contributed by atoms with Gasteiger partial charge in [-0.3, -0.25) is 9.79 Å². The van der Waals surface area contributed by atoms with Gasteiger partial charge in [0.15, 0.2) is 0 Å². The number of fused-ring (bicyclic) bond motifs is 5. The van der Waals surface area contributed by atoms with Crippen LogP contribution in [0.1, 0.15) is 71.6 Å². The molecule has 0 spiro atoms. The van der Waals surface area contributed by atoms with Crippen LogP contribution in [0.3, 0.4) is 0 Å². The molecule has 160 valence electrons. The first kappa shape index (κ1) is 21.0. The van der Waals surface area contributed by atoms with E-state index in [4.69, 9.17) is 0 Å². The van der Waals surface area contributed by atoms with Crippen molar-refractivity contribution in [2.45, 2.75) is 71.6 Å². The van der Waals surface area contributed by atoms with Crippen LogP contribution in [-0.4, -0.2) is 44.1 Å². The van der Waals surface area contributed by atoms with Crippen LogP contribution in [0, 0.1) is 28.6 Å². The normalized spacial score (nSPS) is 40.9. The van der Waals surface area contributed by atoms with E-state index in [1.54, 1.807) is 5.57 Å². The fraction of sp³-hybridized carbons (Fsp3) is 0.769. The molecule has 0 amide bonds. The second-order valence-corrected chi connectivity index (χ2v) is 10.9. The van der Waals surface area contributed by atoms with Crippen LogP contribution in [0.15, 0.2) is 28.3 Å². The number of hydrogen-bond donors (Lipinski definition) is 0. The van der Waals surface area contributed by atoms with Crippen molar-refractivity contribution in [3.05, 3.63) is 23.3 Å². The van der Waals surface area contributed by atoms with E-state index in [2.05, 4.69) is 50.0 Å². The third kappa shape index (κ3) is 3.80. The number of carbonyl (C=O) groups is 1. The average molecular weight is 397 g/mol. The van der Waals surface area contributed by atoms with Gasteiger partial charge >= 0.3 is 0 Å². The van der Waals surface area contributed by atoms with Crippen molar-refractivity contribution in [1.29, 1.82) is 0 Å². The maximum absolute atomic E-state index is 12.6. The highest BCUT2D eigenvalue weighted by Crippen LogP contribution is 2.64. The van der Waals surface area contributed by atoms with Crippen LogP contribution in [0.5, 0.6) is 0 Å². The van der Waals surface area contributed by atoms with E-state index < -0.39 is 0 Å². The van der Waals surface area contributed by atoms with E-state index in [0.29, 0.717) is 17.1 Å². The molecule has 4 rings (SSSR count). The van der Waals surface area contributed by atoms with Gasteiger partial charge in [0.1, 0.15) is 5.78 Å². The van der Waals surface area contributed by atoms with E-state index in [9.17, 15) is 4.79 Å². The van der Waals surface area contributed by atoms with Crippen molar-refractivity contribution in [3.8, 4) is 0 Å². The van der Waals surface area contributed by atoms with Crippen molar-refractivity contribution in [1.82, 2.24) is 4.90 Å².